The number of anilines is 3. The third-order valence-corrected chi connectivity index (χ3v) is 3.96. The van der Waals surface area contributed by atoms with Crippen molar-refractivity contribution in [3.63, 3.8) is 0 Å². The summed E-state index contributed by atoms with van der Waals surface area (Å²) in [5, 5.41) is 14.8. The van der Waals surface area contributed by atoms with Crippen LogP contribution in [0.4, 0.5) is 17.1 Å². The molecule has 0 radical (unpaired) electrons. The van der Waals surface area contributed by atoms with Crippen LogP contribution in [0.3, 0.4) is 0 Å². The van der Waals surface area contributed by atoms with Crippen LogP contribution in [0.15, 0.2) is 60.9 Å². The first-order chi connectivity index (χ1) is 13.6. The van der Waals surface area contributed by atoms with E-state index in [0.717, 1.165) is 0 Å². The molecule has 3 aromatic rings. The lowest BCUT2D eigenvalue weighted by atomic mass is 10.2. The molecule has 1 heterocycles. The maximum Gasteiger partial charge on any atom is 0.257 e. The van der Waals surface area contributed by atoms with Crippen LogP contribution in [0.25, 0.3) is 0 Å². The van der Waals surface area contributed by atoms with E-state index in [9.17, 15) is 4.79 Å². The predicted molar refractivity (Wildman–Crippen MR) is 106 cm³/mol. The van der Waals surface area contributed by atoms with E-state index < -0.39 is 0 Å². The molecule has 0 spiro atoms. The third-order valence-electron chi connectivity index (χ3n) is 3.96. The number of hydrogen-bond acceptors (Lipinski definition) is 6. The Bertz CT molecular complexity index is 1030. The zero-order valence-electron chi connectivity index (χ0n) is 15.4. The fourth-order valence-corrected chi connectivity index (χ4v) is 2.53. The van der Waals surface area contributed by atoms with Crippen LogP contribution in [0.1, 0.15) is 15.9 Å². The quantitative estimate of drug-likeness (QED) is 0.678. The van der Waals surface area contributed by atoms with Gasteiger partial charge in [0.1, 0.15) is 11.5 Å². The SMILES string of the molecule is COc1ccc(OC)c(Nc2cncc(C(=O)Nc3ccc(C#N)cc3)c2)c1. The first-order valence-electron chi connectivity index (χ1n) is 8.38. The van der Waals surface area contributed by atoms with Crippen molar-refractivity contribution in [1.29, 1.82) is 5.26 Å². The van der Waals surface area contributed by atoms with Gasteiger partial charge in [-0.3, -0.25) is 9.78 Å². The molecule has 0 fully saturated rings. The summed E-state index contributed by atoms with van der Waals surface area (Å²) in [6, 6.07) is 15.7. The lowest BCUT2D eigenvalue weighted by Gasteiger charge is -2.13. The zero-order chi connectivity index (χ0) is 19.9. The predicted octanol–water partition coefficient (Wildman–Crippen LogP) is 3.97. The first-order valence-corrected chi connectivity index (χ1v) is 8.38. The summed E-state index contributed by atoms with van der Waals surface area (Å²) in [6.45, 7) is 0. The summed E-state index contributed by atoms with van der Waals surface area (Å²) in [7, 11) is 3.16. The van der Waals surface area contributed by atoms with Gasteiger partial charge in [0.2, 0.25) is 0 Å². The molecule has 0 unspecified atom stereocenters. The molecule has 1 amide bonds. The Kier molecular flexibility index (Phi) is 5.72. The fraction of sp³-hybridized carbons (Fsp3) is 0.0952. The van der Waals surface area contributed by atoms with Gasteiger partial charge in [0.15, 0.2) is 0 Å². The Labute approximate surface area is 162 Å². The van der Waals surface area contributed by atoms with Crippen molar-refractivity contribution in [2.24, 2.45) is 0 Å². The second kappa shape index (κ2) is 8.56. The van der Waals surface area contributed by atoms with Crippen molar-refractivity contribution in [3.8, 4) is 17.6 Å². The Morgan fingerprint density at radius 1 is 1.00 bits per heavy atom. The largest absolute Gasteiger partial charge is 0.497 e. The Balaban J connectivity index is 1.78. The number of benzene rings is 2. The van der Waals surface area contributed by atoms with E-state index in [1.165, 1.54) is 6.20 Å². The average Bonchev–Trinajstić information content (AvgIpc) is 2.74. The van der Waals surface area contributed by atoms with Crippen molar-refractivity contribution in [2.75, 3.05) is 24.9 Å². The summed E-state index contributed by atoms with van der Waals surface area (Å²) in [4.78, 5) is 16.6. The van der Waals surface area contributed by atoms with Crippen molar-refractivity contribution < 1.29 is 14.3 Å². The summed E-state index contributed by atoms with van der Waals surface area (Å²) in [5.41, 5.74) is 2.82. The number of ether oxygens (including phenoxy) is 2. The molecule has 28 heavy (non-hydrogen) atoms. The summed E-state index contributed by atoms with van der Waals surface area (Å²) < 4.78 is 10.6. The Morgan fingerprint density at radius 2 is 1.79 bits per heavy atom. The molecule has 0 aliphatic heterocycles. The zero-order valence-corrected chi connectivity index (χ0v) is 15.4. The van der Waals surface area contributed by atoms with Crippen LogP contribution in [-0.2, 0) is 0 Å². The van der Waals surface area contributed by atoms with Gasteiger partial charge in [-0.1, -0.05) is 0 Å². The highest BCUT2D eigenvalue weighted by Gasteiger charge is 2.10. The van der Waals surface area contributed by atoms with E-state index in [1.807, 2.05) is 6.07 Å². The topological polar surface area (TPSA) is 96.3 Å². The maximum absolute atomic E-state index is 12.5. The number of hydrogen-bond donors (Lipinski definition) is 2. The number of amides is 1. The molecule has 0 aliphatic rings. The summed E-state index contributed by atoms with van der Waals surface area (Å²) in [6.07, 6.45) is 3.09. The molecular formula is C21H18N4O3. The standard InChI is InChI=1S/C21H18N4O3/c1-27-18-7-8-20(28-2)19(10-18)24-17-9-15(12-23-13-17)21(26)25-16-5-3-14(11-22)4-6-16/h3-10,12-13,24H,1-2H3,(H,25,26). The molecule has 0 saturated carbocycles. The smallest absolute Gasteiger partial charge is 0.257 e. The van der Waals surface area contributed by atoms with Gasteiger partial charge in [-0.2, -0.15) is 5.26 Å². The van der Waals surface area contributed by atoms with E-state index in [1.54, 1.807) is 68.9 Å². The van der Waals surface area contributed by atoms with Crippen LogP contribution in [0.2, 0.25) is 0 Å². The summed E-state index contributed by atoms with van der Waals surface area (Å²) in [5.74, 6) is 0.998. The van der Waals surface area contributed by atoms with E-state index in [0.29, 0.717) is 39.7 Å². The molecule has 1 aromatic heterocycles. The second-order valence-corrected chi connectivity index (χ2v) is 5.80. The van der Waals surface area contributed by atoms with Crippen LogP contribution >= 0.6 is 0 Å². The van der Waals surface area contributed by atoms with E-state index in [-0.39, 0.29) is 5.91 Å². The van der Waals surface area contributed by atoms with Crippen molar-refractivity contribution in [2.45, 2.75) is 0 Å². The van der Waals surface area contributed by atoms with Crippen LogP contribution in [-0.4, -0.2) is 25.1 Å². The molecule has 0 atom stereocenters. The number of rotatable bonds is 6. The molecule has 0 saturated heterocycles. The number of aromatic nitrogens is 1. The van der Waals surface area contributed by atoms with E-state index in [2.05, 4.69) is 15.6 Å². The number of carbonyl (C=O) groups is 1. The second-order valence-electron chi connectivity index (χ2n) is 5.80. The van der Waals surface area contributed by atoms with Gasteiger partial charge >= 0.3 is 0 Å². The number of nitrogens with zero attached hydrogens (tertiary/aromatic N) is 2. The van der Waals surface area contributed by atoms with Crippen molar-refractivity contribution in [3.05, 3.63) is 72.1 Å². The Morgan fingerprint density at radius 3 is 2.46 bits per heavy atom. The van der Waals surface area contributed by atoms with Gasteiger partial charge in [-0.25, -0.2) is 0 Å². The lowest BCUT2D eigenvalue weighted by molar-refractivity contribution is 0.102. The minimum Gasteiger partial charge on any atom is -0.497 e. The molecule has 0 bridgehead atoms. The first kappa shape index (κ1) is 18.7. The molecule has 140 valence electrons. The minimum atomic E-state index is -0.307. The number of pyridine rings is 1. The Hall–Kier alpha value is -4.05. The molecule has 2 aromatic carbocycles. The van der Waals surface area contributed by atoms with Crippen molar-refractivity contribution >= 4 is 23.0 Å². The highest BCUT2D eigenvalue weighted by atomic mass is 16.5. The summed E-state index contributed by atoms with van der Waals surface area (Å²) >= 11 is 0. The molecule has 0 aliphatic carbocycles. The van der Waals surface area contributed by atoms with Crippen molar-refractivity contribution in [1.82, 2.24) is 4.98 Å². The highest BCUT2D eigenvalue weighted by Crippen LogP contribution is 2.31. The molecule has 3 rings (SSSR count). The number of methoxy groups -OCH3 is 2. The van der Waals surface area contributed by atoms with E-state index in [4.69, 9.17) is 14.7 Å². The monoisotopic (exact) mass is 374 g/mol. The van der Waals surface area contributed by atoms with Gasteiger partial charge in [0.25, 0.3) is 5.91 Å². The van der Waals surface area contributed by atoms with Crippen LogP contribution in [0, 0.1) is 11.3 Å². The van der Waals surface area contributed by atoms with Gasteiger partial charge in [-0.15, -0.1) is 0 Å². The maximum atomic E-state index is 12.5. The number of nitriles is 1. The van der Waals surface area contributed by atoms with Gasteiger partial charge in [-0.05, 0) is 42.5 Å². The third kappa shape index (κ3) is 4.37. The molecular weight excluding hydrogens is 356 g/mol. The molecule has 7 nitrogen and oxygen atoms in total. The van der Waals surface area contributed by atoms with Crippen LogP contribution < -0.4 is 20.1 Å². The lowest BCUT2D eigenvalue weighted by Crippen LogP contribution is -2.12. The van der Waals surface area contributed by atoms with Crippen LogP contribution in [0.5, 0.6) is 11.5 Å². The average molecular weight is 374 g/mol. The van der Waals surface area contributed by atoms with Gasteiger partial charge in [0, 0.05) is 18.0 Å². The highest BCUT2D eigenvalue weighted by molar-refractivity contribution is 6.04. The molecule has 2 N–H and O–H groups in total. The molecule has 7 heteroatoms. The van der Waals surface area contributed by atoms with Gasteiger partial charge < -0.3 is 20.1 Å². The minimum absolute atomic E-state index is 0.307. The number of carbonyl (C=O) groups excluding carboxylic acids is 1. The fourth-order valence-electron chi connectivity index (χ4n) is 2.53. The van der Waals surface area contributed by atoms with Gasteiger partial charge in [0.05, 0.1) is 49.0 Å². The van der Waals surface area contributed by atoms with E-state index >= 15 is 0 Å². The normalized spacial score (nSPS) is 9.89. The number of nitrogens with one attached hydrogen (secondary N) is 2.